The molecule has 0 bridgehead atoms. The van der Waals surface area contributed by atoms with E-state index in [9.17, 15) is 0 Å². The second-order valence-corrected chi connectivity index (χ2v) is 4.35. The van der Waals surface area contributed by atoms with Crippen molar-refractivity contribution in [2.45, 2.75) is 25.8 Å². The van der Waals surface area contributed by atoms with Crippen LogP contribution in [-0.4, -0.2) is 17.3 Å². The third-order valence-corrected chi connectivity index (χ3v) is 3.33. The normalized spacial score (nSPS) is 13.7. The third-order valence-electron chi connectivity index (χ3n) is 3.33. The Bertz CT molecular complexity index is 578. The molecule has 0 unspecified atom stereocenters. The molecule has 0 amide bonds. The van der Waals surface area contributed by atoms with Crippen LogP contribution in [0.4, 0.5) is 0 Å². The molecule has 0 radical (unpaired) electrons. The van der Waals surface area contributed by atoms with Gasteiger partial charge in [0.1, 0.15) is 5.75 Å². The minimum absolute atomic E-state index is 0.254. The fourth-order valence-electron chi connectivity index (χ4n) is 2.50. The third kappa shape index (κ3) is 1.67. The zero-order chi connectivity index (χ0) is 12.5. The van der Waals surface area contributed by atoms with Gasteiger partial charge in [-0.3, -0.25) is 0 Å². The largest absolute Gasteiger partial charge is 0.496 e. The van der Waals surface area contributed by atoms with E-state index in [4.69, 9.17) is 15.0 Å². The lowest BCUT2D eigenvalue weighted by molar-refractivity contribution is 0.379. The number of fused-ring (bicyclic) bond motifs is 1. The summed E-state index contributed by atoms with van der Waals surface area (Å²) in [6, 6.07) is 4.09. The summed E-state index contributed by atoms with van der Waals surface area (Å²) in [6.07, 6.45) is 3.30. The molecule has 0 saturated heterocycles. The first kappa shape index (κ1) is 11.2. The van der Waals surface area contributed by atoms with Crippen LogP contribution in [0.25, 0.3) is 11.4 Å². The maximum atomic E-state index is 5.50. The first-order chi connectivity index (χ1) is 8.83. The van der Waals surface area contributed by atoms with Gasteiger partial charge in [0.05, 0.1) is 19.2 Å². The standard InChI is InChI=1S/C13H15N3O2/c1-17-10-6-5-8-3-2-4-9(8)12(10)13-15-11(7-14)18-16-13/h5-6H,2-4,7,14H2,1H3. The van der Waals surface area contributed by atoms with Gasteiger partial charge in [0.2, 0.25) is 11.7 Å². The number of aryl methyl sites for hydroxylation is 1. The highest BCUT2D eigenvalue weighted by atomic mass is 16.5. The summed E-state index contributed by atoms with van der Waals surface area (Å²) in [5, 5.41) is 4.00. The number of methoxy groups -OCH3 is 1. The van der Waals surface area contributed by atoms with Crippen LogP contribution in [0.2, 0.25) is 0 Å². The molecule has 5 heteroatoms. The van der Waals surface area contributed by atoms with Crippen molar-refractivity contribution in [1.29, 1.82) is 0 Å². The number of nitrogens with zero attached hydrogens (tertiary/aromatic N) is 2. The molecule has 3 rings (SSSR count). The molecule has 2 aromatic rings. The summed E-state index contributed by atoms with van der Waals surface area (Å²) < 4.78 is 10.5. The van der Waals surface area contributed by atoms with Crippen LogP contribution < -0.4 is 10.5 Å². The van der Waals surface area contributed by atoms with Gasteiger partial charge in [-0.2, -0.15) is 4.98 Å². The first-order valence-electron chi connectivity index (χ1n) is 6.05. The van der Waals surface area contributed by atoms with Crippen molar-refractivity contribution in [2.75, 3.05) is 7.11 Å². The maximum Gasteiger partial charge on any atom is 0.240 e. The molecule has 0 aliphatic heterocycles. The minimum Gasteiger partial charge on any atom is -0.496 e. The van der Waals surface area contributed by atoms with Crippen molar-refractivity contribution >= 4 is 0 Å². The molecule has 1 aliphatic carbocycles. The number of ether oxygens (including phenoxy) is 1. The van der Waals surface area contributed by atoms with Crippen molar-refractivity contribution in [3.63, 3.8) is 0 Å². The molecule has 0 saturated carbocycles. The molecule has 5 nitrogen and oxygen atoms in total. The van der Waals surface area contributed by atoms with Crippen LogP contribution >= 0.6 is 0 Å². The van der Waals surface area contributed by atoms with Crippen LogP contribution in [0.1, 0.15) is 23.4 Å². The van der Waals surface area contributed by atoms with Gasteiger partial charge in [-0.1, -0.05) is 11.2 Å². The number of benzene rings is 1. The highest BCUT2D eigenvalue weighted by Gasteiger charge is 2.22. The van der Waals surface area contributed by atoms with E-state index in [1.807, 2.05) is 6.07 Å². The van der Waals surface area contributed by atoms with E-state index in [0.29, 0.717) is 11.7 Å². The number of nitrogens with two attached hydrogens (primary N) is 1. The Balaban J connectivity index is 2.17. The molecule has 94 valence electrons. The predicted octanol–water partition coefficient (Wildman–Crippen LogP) is 1.69. The van der Waals surface area contributed by atoms with Gasteiger partial charge >= 0.3 is 0 Å². The summed E-state index contributed by atoms with van der Waals surface area (Å²) >= 11 is 0. The Morgan fingerprint density at radius 1 is 1.39 bits per heavy atom. The zero-order valence-electron chi connectivity index (χ0n) is 10.3. The minimum atomic E-state index is 0.254. The first-order valence-corrected chi connectivity index (χ1v) is 6.05. The summed E-state index contributed by atoms with van der Waals surface area (Å²) in [5.41, 5.74) is 9.08. The van der Waals surface area contributed by atoms with Crippen LogP contribution in [0.3, 0.4) is 0 Å². The molecule has 1 heterocycles. The fraction of sp³-hybridized carbons (Fsp3) is 0.385. The van der Waals surface area contributed by atoms with E-state index in [-0.39, 0.29) is 6.54 Å². The van der Waals surface area contributed by atoms with Gasteiger partial charge in [0.15, 0.2) is 0 Å². The molecular weight excluding hydrogens is 230 g/mol. The Labute approximate surface area is 105 Å². The highest BCUT2D eigenvalue weighted by Crippen LogP contribution is 2.37. The highest BCUT2D eigenvalue weighted by molar-refractivity contribution is 5.70. The molecule has 1 aliphatic rings. The van der Waals surface area contributed by atoms with Crippen molar-refractivity contribution in [1.82, 2.24) is 10.1 Å². The molecule has 1 aromatic heterocycles. The van der Waals surface area contributed by atoms with E-state index in [1.54, 1.807) is 7.11 Å². The van der Waals surface area contributed by atoms with Crippen LogP contribution in [0.15, 0.2) is 16.7 Å². The van der Waals surface area contributed by atoms with E-state index in [1.165, 1.54) is 11.1 Å². The van der Waals surface area contributed by atoms with E-state index >= 15 is 0 Å². The molecule has 2 N–H and O–H groups in total. The van der Waals surface area contributed by atoms with E-state index in [0.717, 1.165) is 30.6 Å². The lowest BCUT2D eigenvalue weighted by Crippen LogP contribution is -1.98. The van der Waals surface area contributed by atoms with Gasteiger partial charge in [-0.25, -0.2) is 0 Å². The number of aromatic nitrogens is 2. The average Bonchev–Trinajstić information content (AvgIpc) is 3.05. The molecular formula is C13H15N3O2. The average molecular weight is 245 g/mol. The SMILES string of the molecule is COc1ccc2c(c1-c1noc(CN)n1)CCC2. The fourth-order valence-corrected chi connectivity index (χ4v) is 2.50. The number of hydrogen-bond donors (Lipinski definition) is 1. The zero-order valence-corrected chi connectivity index (χ0v) is 10.3. The van der Waals surface area contributed by atoms with Crippen molar-refractivity contribution in [3.8, 4) is 17.1 Å². The van der Waals surface area contributed by atoms with Gasteiger partial charge < -0.3 is 15.0 Å². The van der Waals surface area contributed by atoms with Crippen molar-refractivity contribution in [3.05, 3.63) is 29.2 Å². The Morgan fingerprint density at radius 2 is 2.28 bits per heavy atom. The van der Waals surface area contributed by atoms with Gasteiger partial charge in [0, 0.05) is 0 Å². The molecule has 18 heavy (non-hydrogen) atoms. The van der Waals surface area contributed by atoms with Gasteiger partial charge in [-0.05, 0) is 36.5 Å². The van der Waals surface area contributed by atoms with Gasteiger partial charge in [0.25, 0.3) is 0 Å². The topological polar surface area (TPSA) is 74.2 Å². The number of rotatable bonds is 3. The van der Waals surface area contributed by atoms with Crippen molar-refractivity contribution in [2.24, 2.45) is 5.73 Å². The number of hydrogen-bond acceptors (Lipinski definition) is 5. The Hall–Kier alpha value is -1.88. The molecule has 0 atom stereocenters. The molecule has 0 spiro atoms. The quantitative estimate of drug-likeness (QED) is 0.890. The van der Waals surface area contributed by atoms with Crippen LogP contribution in [0, 0.1) is 0 Å². The van der Waals surface area contributed by atoms with Gasteiger partial charge in [-0.15, -0.1) is 0 Å². The van der Waals surface area contributed by atoms with E-state index in [2.05, 4.69) is 16.2 Å². The summed E-state index contributed by atoms with van der Waals surface area (Å²) in [4.78, 5) is 4.30. The second-order valence-electron chi connectivity index (χ2n) is 4.35. The monoisotopic (exact) mass is 245 g/mol. The Kier molecular flexibility index (Phi) is 2.76. The second kappa shape index (κ2) is 4.42. The molecule has 0 fully saturated rings. The van der Waals surface area contributed by atoms with Crippen molar-refractivity contribution < 1.29 is 9.26 Å². The Morgan fingerprint density at radius 3 is 3.00 bits per heavy atom. The smallest absolute Gasteiger partial charge is 0.240 e. The van der Waals surface area contributed by atoms with Crippen LogP contribution in [-0.2, 0) is 19.4 Å². The van der Waals surface area contributed by atoms with E-state index < -0.39 is 0 Å². The maximum absolute atomic E-state index is 5.50. The lowest BCUT2D eigenvalue weighted by Gasteiger charge is -2.10. The summed E-state index contributed by atoms with van der Waals surface area (Å²) in [6.45, 7) is 0.254. The molecule has 1 aromatic carbocycles. The van der Waals surface area contributed by atoms with Crippen LogP contribution in [0.5, 0.6) is 5.75 Å². The summed E-state index contributed by atoms with van der Waals surface area (Å²) in [7, 11) is 1.66. The predicted molar refractivity (Wildman–Crippen MR) is 66.2 cm³/mol. The lowest BCUT2D eigenvalue weighted by atomic mass is 10.0. The summed E-state index contributed by atoms with van der Waals surface area (Å²) in [5.74, 6) is 1.81.